The van der Waals surface area contributed by atoms with E-state index >= 15 is 0 Å². The van der Waals surface area contributed by atoms with Crippen molar-refractivity contribution in [3.05, 3.63) is 72.4 Å². The van der Waals surface area contributed by atoms with Gasteiger partial charge in [0.05, 0.1) is 5.25 Å². The lowest BCUT2D eigenvalue weighted by molar-refractivity contribution is 0.374. The van der Waals surface area contributed by atoms with Crippen LogP contribution in [0.4, 0.5) is 0 Å². The predicted molar refractivity (Wildman–Crippen MR) is 108 cm³/mol. The highest BCUT2D eigenvalue weighted by Gasteiger charge is 2.30. The maximum absolute atomic E-state index is 6.18. The number of oxazole rings is 1. The molecule has 1 aliphatic carbocycles. The highest BCUT2D eigenvalue weighted by atomic mass is 32.2. The number of aromatic nitrogens is 3. The molecule has 0 spiro atoms. The summed E-state index contributed by atoms with van der Waals surface area (Å²) in [5, 5.41) is 4.67. The Balaban J connectivity index is 1.46. The fourth-order valence-corrected chi connectivity index (χ4v) is 3.82. The molecule has 0 saturated heterocycles. The van der Waals surface area contributed by atoms with Crippen molar-refractivity contribution < 1.29 is 8.94 Å². The average molecular weight is 389 g/mol. The third-order valence-corrected chi connectivity index (χ3v) is 5.65. The van der Waals surface area contributed by atoms with Crippen molar-refractivity contribution in [2.45, 2.75) is 36.2 Å². The molecule has 5 nitrogen and oxygen atoms in total. The van der Waals surface area contributed by atoms with Gasteiger partial charge in [-0.15, -0.1) is 0 Å². The van der Waals surface area contributed by atoms with Crippen LogP contribution in [0.15, 0.2) is 74.8 Å². The van der Waals surface area contributed by atoms with Crippen LogP contribution in [0.3, 0.4) is 0 Å². The fraction of sp³-hybridized carbons (Fsp3) is 0.227. The summed E-state index contributed by atoms with van der Waals surface area (Å²) >= 11 is 1.49. The van der Waals surface area contributed by atoms with Crippen LogP contribution in [-0.4, -0.2) is 15.1 Å². The lowest BCUT2D eigenvalue weighted by Crippen LogP contribution is -1.90. The van der Waals surface area contributed by atoms with Crippen LogP contribution in [0, 0.1) is 0 Å². The molecule has 1 unspecified atom stereocenters. The minimum atomic E-state index is -0.0362. The lowest BCUT2D eigenvalue weighted by atomic mass is 10.1. The van der Waals surface area contributed by atoms with Gasteiger partial charge in [-0.1, -0.05) is 77.6 Å². The smallest absolute Gasteiger partial charge is 0.257 e. The van der Waals surface area contributed by atoms with Crippen molar-refractivity contribution >= 4 is 11.8 Å². The molecule has 28 heavy (non-hydrogen) atoms. The van der Waals surface area contributed by atoms with E-state index in [0.717, 1.165) is 41.2 Å². The highest BCUT2D eigenvalue weighted by Crippen LogP contribution is 2.42. The molecule has 4 aromatic rings. The molecule has 2 aromatic carbocycles. The molecule has 0 amide bonds. The van der Waals surface area contributed by atoms with Crippen LogP contribution < -0.4 is 0 Å². The van der Waals surface area contributed by atoms with Gasteiger partial charge in [-0.25, -0.2) is 4.98 Å². The second-order valence-electron chi connectivity index (χ2n) is 6.91. The summed E-state index contributed by atoms with van der Waals surface area (Å²) in [5.41, 5.74) is 2.87. The molecular formula is C22H19N3O2S. The van der Waals surface area contributed by atoms with Crippen LogP contribution in [0.25, 0.3) is 22.6 Å². The standard InChI is InChI=1S/C22H19N3O2S/c1-14(21-24-20(25-27-21)17-12-13-17)28-22-23-18(15-8-4-2-5-9-15)19(26-22)16-10-6-3-7-11-16/h2-11,14,17H,12-13H2,1H3. The van der Waals surface area contributed by atoms with Crippen molar-refractivity contribution in [2.24, 2.45) is 0 Å². The topological polar surface area (TPSA) is 65.0 Å². The number of hydrogen-bond acceptors (Lipinski definition) is 6. The average Bonchev–Trinajstić information content (AvgIpc) is 3.32. The van der Waals surface area contributed by atoms with E-state index < -0.39 is 0 Å². The van der Waals surface area contributed by atoms with Crippen LogP contribution in [0.5, 0.6) is 0 Å². The van der Waals surface area contributed by atoms with Crippen LogP contribution >= 0.6 is 11.8 Å². The maximum Gasteiger partial charge on any atom is 0.257 e. The summed E-state index contributed by atoms with van der Waals surface area (Å²) in [6.45, 7) is 2.03. The number of nitrogens with zero attached hydrogens (tertiary/aromatic N) is 3. The van der Waals surface area contributed by atoms with E-state index in [1.807, 2.05) is 67.6 Å². The first-order valence-corrected chi connectivity index (χ1v) is 10.3. The van der Waals surface area contributed by atoms with Gasteiger partial charge in [-0.05, 0) is 19.8 Å². The van der Waals surface area contributed by atoms with Crippen molar-refractivity contribution in [1.29, 1.82) is 0 Å². The molecular weight excluding hydrogens is 370 g/mol. The number of benzene rings is 2. The van der Waals surface area contributed by atoms with Gasteiger partial charge >= 0.3 is 0 Å². The van der Waals surface area contributed by atoms with Gasteiger partial charge in [-0.2, -0.15) is 4.98 Å². The van der Waals surface area contributed by atoms with Gasteiger partial charge in [0.25, 0.3) is 5.22 Å². The molecule has 6 heteroatoms. The monoisotopic (exact) mass is 389 g/mol. The van der Waals surface area contributed by atoms with Crippen molar-refractivity contribution in [3.8, 4) is 22.6 Å². The van der Waals surface area contributed by atoms with E-state index in [1.165, 1.54) is 11.8 Å². The van der Waals surface area contributed by atoms with Gasteiger partial charge in [-0.3, -0.25) is 0 Å². The zero-order valence-electron chi connectivity index (χ0n) is 15.4. The first kappa shape index (κ1) is 17.3. The SMILES string of the molecule is CC(Sc1nc(-c2ccccc2)c(-c2ccccc2)o1)c1nc(C2CC2)no1. The molecule has 0 radical (unpaired) electrons. The number of thioether (sulfide) groups is 1. The lowest BCUT2D eigenvalue weighted by Gasteiger charge is -2.01. The van der Waals surface area contributed by atoms with E-state index in [0.29, 0.717) is 17.0 Å². The van der Waals surface area contributed by atoms with Gasteiger partial charge in [0.15, 0.2) is 11.6 Å². The molecule has 1 saturated carbocycles. The first-order chi connectivity index (χ1) is 13.8. The largest absolute Gasteiger partial charge is 0.431 e. The predicted octanol–water partition coefficient (Wildman–Crippen LogP) is 6.12. The summed E-state index contributed by atoms with van der Waals surface area (Å²) < 4.78 is 11.6. The summed E-state index contributed by atoms with van der Waals surface area (Å²) in [6, 6.07) is 20.2. The molecule has 0 bridgehead atoms. The molecule has 1 fully saturated rings. The van der Waals surface area contributed by atoms with E-state index in [1.54, 1.807) is 0 Å². The molecule has 0 N–H and O–H groups in total. The Morgan fingerprint density at radius 1 is 0.929 bits per heavy atom. The van der Waals surface area contributed by atoms with E-state index in [2.05, 4.69) is 10.1 Å². The zero-order valence-corrected chi connectivity index (χ0v) is 16.2. The molecule has 2 aromatic heterocycles. The quantitative estimate of drug-likeness (QED) is 0.370. The summed E-state index contributed by atoms with van der Waals surface area (Å²) in [4.78, 5) is 9.33. The van der Waals surface area contributed by atoms with Crippen molar-refractivity contribution in [3.63, 3.8) is 0 Å². The third kappa shape index (κ3) is 3.47. The summed E-state index contributed by atoms with van der Waals surface area (Å²) in [6.07, 6.45) is 2.31. The summed E-state index contributed by atoms with van der Waals surface area (Å²) in [7, 11) is 0. The minimum Gasteiger partial charge on any atom is -0.431 e. The van der Waals surface area contributed by atoms with E-state index in [4.69, 9.17) is 13.9 Å². The third-order valence-electron chi connectivity index (χ3n) is 4.72. The maximum atomic E-state index is 6.18. The Labute approximate surface area is 167 Å². The Morgan fingerprint density at radius 3 is 2.29 bits per heavy atom. The molecule has 5 rings (SSSR count). The fourth-order valence-electron chi connectivity index (χ4n) is 3.05. The Morgan fingerprint density at radius 2 is 1.61 bits per heavy atom. The Hall–Kier alpha value is -2.86. The first-order valence-electron chi connectivity index (χ1n) is 9.40. The zero-order chi connectivity index (χ0) is 18.9. The Kier molecular flexibility index (Phi) is 4.49. The second-order valence-corrected chi connectivity index (χ2v) is 8.21. The van der Waals surface area contributed by atoms with Gasteiger partial charge in [0, 0.05) is 17.0 Å². The van der Waals surface area contributed by atoms with Crippen molar-refractivity contribution in [1.82, 2.24) is 15.1 Å². The van der Waals surface area contributed by atoms with Crippen LogP contribution in [-0.2, 0) is 0 Å². The van der Waals surface area contributed by atoms with E-state index in [-0.39, 0.29) is 5.25 Å². The van der Waals surface area contributed by atoms with Crippen LogP contribution in [0.1, 0.15) is 42.6 Å². The normalized spacial score (nSPS) is 14.9. The van der Waals surface area contributed by atoms with Crippen LogP contribution in [0.2, 0.25) is 0 Å². The van der Waals surface area contributed by atoms with Gasteiger partial charge in [0.1, 0.15) is 5.69 Å². The molecule has 2 heterocycles. The van der Waals surface area contributed by atoms with Crippen molar-refractivity contribution in [2.75, 3.05) is 0 Å². The summed E-state index contributed by atoms with van der Waals surface area (Å²) in [5.74, 6) is 2.69. The second kappa shape index (κ2) is 7.28. The number of hydrogen-bond donors (Lipinski definition) is 0. The molecule has 0 aliphatic heterocycles. The molecule has 1 atom stereocenters. The highest BCUT2D eigenvalue weighted by molar-refractivity contribution is 7.99. The molecule has 140 valence electrons. The number of rotatable bonds is 6. The Bertz CT molecular complexity index is 1010. The molecule has 1 aliphatic rings. The van der Waals surface area contributed by atoms with Gasteiger partial charge in [0.2, 0.25) is 5.89 Å². The van der Waals surface area contributed by atoms with Gasteiger partial charge < -0.3 is 8.94 Å². The minimum absolute atomic E-state index is 0.0362. The van der Waals surface area contributed by atoms with E-state index in [9.17, 15) is 0 Å².